The first-order chi connectivity index (χ1) is 9.15. The van der Waals surface area contributed by atoms with Crippen LogP contribution >= 0.6 is 23.2 Å². The molecule has 0 radical (unpaired) electrons. The number of nitrogens with one attached hydrogen (secondary N) is 1. The molecule has 3 atom stereocenters. The molecule has 1 aromatic carbocycles. The number of fused-ring (bicyclic) bond motifs is 1. The lowest BCUT2D eigenvalue weighted by Crippen LogP contribution is -2.29. The molecular weight excluding hydrogens is 281 g/mol. The summed E-state index contributed by atoms with van der Waals surface area (Å²) in [7, 11) is 0. The van der Waals surface area contributed by atoms with Crippen molar-refractivity contribution in [3.63, 3.8) is 0 Å². The molecular formula is C15H17Cl2NO. The van der Waals surface area contributed by atoms with Gasteiger partial charge in [0.2, 0.25) is 0 Å². The molecule has 1 aromatic rings. The highest BCUT2D eigenvalue weighted by molar-refractivity contribution is 6.36. The Bertz CT molecular complexity index is 503. The van der Waals surface area contributed by atoms with Gasteiger partial charge in [-0.1, -0.05) is 29.6 Å². The Kier molecular flexibility index (Phi) is 3.84. The van der Waals surface area contributed by atoms with Gasteiger partial charge >= 0.3 is 0 Å². The highest BCUT2D eigenvalue weighted by Crippen LogP contribution is 2.39. The zero-order valence-corrected chi connectivity index (χ0v) is 12.2. The number of rotatable bonds is 3. The van der Waals surface area contributed by atoms with E-state index in [4.69, 9.17) is 23.2 Å². The molecule has 3 unspecified atom stereocenters. The van der Waals surface area contributed by atoms with Crippen LogP contribution in [0.2, 0.25) is 10.0 Å². The summed E-state index contributed by atoms with van der Waals surface area (Å²) in [6.45, 7) is 1.07. The van der Waals surface area contributed by atoms with Gasteiger partial charge in [-0.25, -0.2) is 0 Å². The van der Waals surface area contributed by atoms with E-state index in [-0.39, 0.29) is 5.78 Å². The third-order valence-corrected chi connectivity index (χ3v) is 5.06. The van der Waals surface area contributed by atoms with Gasteiger partial charge in [-0.3, -0.25) is 4.79 Å². The van der Waals surface area contributed by atoms with Crippen molar-refractivity contribution >= 4 is 29.0 Å². The van der Waals surface area contributed by atoms with Gasteiger partial charge in [0.25, 0.3) is 0 Å². The lowest BCUT2D eigenvalue weighted by molar-refractivity contribution is 0.0963. The van der Waals surface area contributed by atoms with E-state index in [0.717, 1.165) is 12.5 Å². The number of carbonyl (C=O) groups excluding carboxylic acids is 1. The molecule has 1 saturated carbocycles. The van der Waals surface area contributed by atoms with Crippen molar-refractivity contribution in [3.8, 4) is 0 Å². The maximum absolute atomic E-state index is 12.4. The van der Waals surface area contributed by atoms with Crippen molar-refractivity contribution < 1.29 is 4.79 Å². The van der Waals surface area contributed by atoms with Crippen LogP contribution in [0.25, 0.3) is 0 Å². The average molecular weight is 298 g/mol. The van der Waals surface area contributed by atoms with E-state index in [1.807, 2.05) is 0 Å². The quantitative estimate of drug-likeness (QED) is 0.856. The van der Waals surface area contributed by atoms with Gasteiger partial charge in [-0.2, -0.15) is 0 Å². The molecule has 2 aliphatic rings. The number of carbonyl (C=O) groups is 1. The molecule has 2 fully saturated rings. The SMILES string of the molecule is O=C(CC1NCC2CCCC21)c1ccc(Cl)cc1Cl. The minimum Gasteiger partial charge on any atom is -0.313 e. The second kappa shape index (κ2) is 5.43. The fourth-order valence-corrected chi connectivity index (χ4v) is 4.07. The molecule has 1 heterocycles. The summed E-state index contributed by atoms with van der Waals surface area (Å²) in [4.78, 5) is 12.4. The average Bonchev–Trinajstić information content (AvgIpc) is 2.94. The van der Waals surface area contributed by atoms with Crippen molar-refractivity contribution in [3.05, 3.63) is 33.8 Å². The smallest absolute Gasteiger partial charge is 0.165 e. The second-order valence-corrected chi connectivity index (χ2v) is 6.46. The fraction of sp³-hybridized carbons (Fsp3) is 0.533. The molecule has 0 aromatic heterocycles. The summed E-state index contributed by atoms with van der Waals surface area (Å²) in [6, 6.07) is 5.41. The van der Waals surface area contributed by atoms with E-state index in [0.29, 0.717) is 34.0 Å². The summed E-state index contributed by atoms with van der Waals surface area (Å²) in [5.74, 6) is 1.57. The van der Waals surface area contributed by atoms with Crippen LogP contribution in [-0.2, 0) is 0 Å². The Balaban J connectivity index is 1.71. The summed E-state index contributed by atoms with van der Waals surface area (Å²) < 4.78 is 0. The second-order valence-electron chi connectivity index (χ2n) is 5.62. The molecule has 0 amide bonds. The minimum absolute atomic E-state index is 0.117. The lowest BCUT2D eigenvalue weighted by Gasteiger charge is -2.17. The molecule has 2 nitrogen and oxygen atoms in total. The first-order valence-corrected chi connectivity index (χ1v) is 7.62. The summed E-state index contributed by atoms with van der Waals surface area (Å²) in [5.41, 5.74) is 0.592. The van der Waals surface area contributed by atoms with Gasteiger partial charge in [0, 0.05) is 23.0 Å². The van der Waals surface area contributed by atoms with Gasteiger partial charge in [0.05, 0.1) is 5.02 Å². The van der Waals surface area contributed by atoms with E-state index in [1.165, 1.54) is 19.3 Å². The van der Waals surface area contributed by atoms with Crippen molar-refractivity contribution in [2.24, 2.45) is 11.8 Å². The van der Waals surface area contributed by atoms with Crippen LogP contribution in [0.5, 0.6) is 0 Å². The van der Waals surface area contributed by atoms with Crippen LogP contribution in [-0.4, -0.2) is 18.4 Å². The molecule has 1 aliphatic carbocycles. The number of ketones is 1. The Morgan fingerprint density at radius 1 is 1.32 bits per heavy atom. The number of benzene rings is 1. The van der Waals surface area contributed by atoms with E-state index in [9.17, 15) is 4.79 Å². The van der Waals surface area contributed by atoms with Crippen LogP contribution in [0.1, 0.15) is 36.0 Å². The third kappa shape index (κ3) is 2.67. The van der Waals surface area contributed by atoms with Gasteiger partial charge < -0.3 is 5.32 Å². The van der Waals surface area contributed by atoms with Crippen molar-refractivity contribution in [2.45, 2.75) is 31.7 Å². The minimum atomic E-state index is 0.117. The monoisotopic (exact) mass is 297 g/mol. The fourth-order valence-electron chi connectivity index (χ4n) is 3.55. The molecule has 0 spiro atoms. The van der Waals surface area contributed by atoms with Crippen molar-refractivity contribution in [2.75, 3.05) is 6.54 Å². The van der Waals surface area contributed by atoms with Crippen molar-refractivity contribution in [1.29, 1.82) is 0 Å². The number of hydrogen-bond acceptors (Lipinski definition) is 2. The highest BCUT2D eigenvalue weighted by atomic mass is 35.5. The molecule has 3 rings (SSSR count). The first-order valence-electron chi connectivity index (χ1n) is 6.87. The molecule has 1 saturated heterocycles. The Morgan fingerprint density at radius 3 is 2.95 bits per heavy atom. The van der Waals surface area contributed by atoms with Crippen LogP contribution in [0.15, 0.2) is 18.2 Å². The molecule has 19 heavy (non-hydrogen) atoms. The van der Waals surface area contributed by atoms with Crippen LogP contribution < -0.4 is 5.32 Å². The topological polar surface area (TPSA) is 29.1 Å². The van der Waals surface area contributed by atoms with Gasteiger partial charge in [0.1, 0.15) is 0 Å². The van der Waals surface area contributed by atoms with E-state index in [1.54, 1.807) is 18.2 Å². The normalized spacial score (nSPS) is 29.5. The number of Topliss-reactive ketones (excluding diaryl/α,β-unsaturated/α-hetero) is 1. The van der Waals surface area contributed by atoms with E-state index < -0.39 is 0 Å². The summed E-state index contributed by atoms with van der Waals surface area (Å²) in [6.07, 6.45) is 4.42. The molecule has 4 heteroatoms. The Morgan fingerprint density at radius 2 is 2.16 bits per heavy atom. The Hall–Kier alpha value is -0.570. The lowest BCUT2D eigenvalue weighted by atomic mass is 9.90. The van der Waals surface area contributed by atoms with Crippen LogP contribution in [0.3, 0.4) is 0 Å². The third-order valence-electron chi connectivity index (χ3n) is 4.51. The Labute approximate surface area is 123 Å². The summed E-state index contributed by atoms with van der Waals surface area (Å²) >= 11 is 12.0. The van der Waals surface area contributed by atoms with Gasteiger partial charge in [0.15, 0.2) is 5.78 Å². The maximum Gasteiger partial charge on any atom is 0.165 e. The highest BCUT2D eigenvalue weighted by Gasteiger charge is 2.39. The first kappa shape index (κ1) is 13.4. The number of hydrogen-bond donors (Lipinski definition) is 1. The van der Waals surface area contributed by atoms with Gasteiger partial charge in [-0.15, -0.1) is 0 Å². The standard InChI is InChI=1S/C15H17Cl2NO/c16-10-4-5-12(13(17)6-10)15(19)7-14-11-3-1-2-9(11)8-18-14/h4-6,9,11,14,18H,1-3,7-8H2. The molecule has 1 aliphatic heterocycles. The largest absolute Gasteiger partial charge is 0.313 e. The number of halogens is 2. The molecule has 102 valence electrons. The van der Waals surface area contributed by atoms with Crippen molar-refractivity contribution in [1.82, 2.24) is 5.32 Å². The predicted molar refractivity (Wildman–Crippen MR) is 78.0 cm³/mol. The van der Waals surface area contributed by atoms with Crippen LogP contribution in [0.4, 0.5) is 0 Å². The van der Waals surface area contributed by atoms with E-state index >= 15 is 0 Å². The van der Waals surface area contributed by atoms with Crippen LogP contribution in [0, 0.1) is 11.8 Å². The van der Waals surface area contributed by atoms with Gasteiger partial charge in [-0.05, 0) is 49.4 Å². The molecule has 0 bridgehead atoms. The van der Waals surface area contributed by atoms with E-state index in [2.05, 4.69) is 5.32 Å². The summed E-state index contributed by atoms with van der Waals surface area (Å²) in [5, 5.41) is 4.52. The molecule has 1 N–H and O–H groups in total. The zero-order valence-electron chi connectivity index (χ0n) is 10.7. The zero-order chi connectivity index (χ0) is 13.4. The predicted octanol–water partition coefficient (Wildman–Crippen LogP) is 3.95. The maximum atomic E-state index is 12.4.